The van der Waals surface area contributed by atoms with Crippen molar-refractivity contribution >= 4 is 23.1 Å². The van der Waals surface area contributed by atoms with Crippen LogP contribution in [0.3, 0.4) is 0 Å². The second-order valence-electron chi connectivity index (χ2n) is 5.76. The third kappa shape index (κ3) is 1.92. The Balaban J connectivity index is 2.11. The fourth-order valence-electron chi connectivity index (χ4n) is 3.55. The number of nitrogens with zero attached hydrogens (tertiary/aromatic N) is 3. The molecule has 5 heteroatoms. The highest BCUT2D eigenvalue weighted by molar-refractivity contribution is 6.05. The van der Waals surface area contributed by atoms with E-state index in [1.165, 1.54) is 12.8 Å². The molecule has 1 fully saturated rings. The lowest BCUT2D eigenvalue weighted by atomic mass is 10.0. The Labute approximate surface area is 119 Å². The van der Waals surface area contributed by atoms with Crippen molar-refractivity contribution in [2.75, 3.05) is 22.6 Å². The van der Waals surface area contributed by atoms with E-state index >= 15 is 0 Å². The lowest BCUT2D eigenvalue weighted by Crippen LogP contribution is -2.55. The van der Waals surface area contributed by atoms with Gasteiger partial charge in [0.1, 0.15) is 11.9 Å². The molecule has 2 N–H and O–H groups in total. The SMILES string of the molecule is CCC1C(=O)N(C)c2cnc(N)cc2N1C1CCCC1. The number of aromatic nitrogens is 1. The molecule has 1 unspecified atom stereocenters. The standard InChI is InChI=1S/C15H22N4O/c1-3-11-15(20)18(2)13-9-17-14(16)8-12(13)19(11)10-6-4-5-7-10/h8-11H,3-7H2,1-2H3,(H2,16,17). The highest BCUT2D eigenvalue weighted by atomic mass is 16.2. The predicted octanol–water partition coefficient (Wildman–Crippen LogP) is 2.17. The van der Waals surface area contributed by atoms with Crippen LogP contribution in [0.4, 0.5) is 17.2 Å². The van der Waals surface area contributed by atoms with Crippen LogP contribution in [-0.2, 0) is 4.79 Å². The number of hydrogen-bond donors (Lipinski definition) is 1. The van der Waals surface area contributed by atoms with Crippen molar-refractivity contribution in [1.29, 1.82) is 0 Å². The number of nitrogens with two attached hydrogens (primary N) is 1. The van der Waals surface area contributed by atoms with Gasteiger partial charge in [0, 0.05) is 19.2 Å². The van der Waals surface area contributed by atoms with Gasteiger partial charge in [-0.25, -0.2) is 4.98 Å². The van der Waals surface area contributed by atoms with E-state index in [0.717, 1.165) is 30.6 Å². The number of carbonyl (C=O) groups excluding carboxylic acids is 1. The Bertz CT molecular complexity index is 525. The van der Waals surface area contributed by atoms with E-state index in [4.69, 9.17) is 5.73 Å². The van der Waals surface area contributed by atoms with Crippen LogP contribution in [0.25, 0.3) is 0 Å². The Kier molecular flexibility index (Phi) is 3.28. The van der Waals surface area contributed by atoms with Crippen molar-refractivity contribution in [2.45, 2.75) is 51.1 Å². The van der Waals surface area contributed by atoms with Crippen LogP contribution in [0.1, 0.15) is 39.0 Å². The van der Waals surface area contributed by atoms with Crippen LogP contribution in [0.5, 0.6) is 0 Å². The fraction of sp³-hybridized carbons (Fsp3) is 0.600. The zero-order chi connectivity index (χ0) is 14.3. The van der Waals surface area contributed by atoms with Crippen LogP contribution in [-0.4, -0.2) is 30.0 Å². The summed E-state index contributed by atoms with van der Waals surface area (Å²) in [5, 5.41) is 0. The maximum absolute atomic E-state index is 12.6. The molecular formula is C15H22N4O. The van der Waals surface area contributed by atoms with E-state index in [-0.39, 0.29) is 11.9 Å². The van der Waals surface area contributed by atoms with Crippen molar-refractivity contribution in [2.24, 2.45) is 0 Å². The summed E-state index contributed by atoms with van der Waals surface area (Å²) in [6, 6.07) is 2.30. The molecule has 0 radical (unpaired) electrons. The van der Waals surface area contributed by atoms with Crippen molar-refractivity contribution in [3.63, 3.8) is 0 Å². The molecule has 0 saturated heterocycles. The Hall–Kier alpha value is -1.78. The number of anilines is 3. The number of nitrogen functional groups attached to an aromatic ring is 1. The van der Waals surface area contributed by atoms with Gasteiger partial charge >= 0.3 is 0 Å². The normalized spacial score (nSPS) is 23.3. The Morgan fingerprint density at radius 3 is 2.70 bits per heavy atom. The zero-order valence-electron chi connectivity index (χ0n) is 12.2. The van der Waals surface area contributed by atoms with Gasteiger partial charge in [0.05, 0.1) is 17.6 Å². The van der Waals surface area contributed by atoms with Crippen molar-refractivity contribution in [3.05, 3.63) is 12.3 Å². The average Bonchev–Trinajstić information content (AvgIpc) is 2.96. The van der Waals surface area contributed by atoms with Crippen molar-refractivity contribution in [3.8, 4) is 0 Å². The lowest BCUT2D eigenvalue weighted by molar-refractivity contribution is -0.120. The minimum atomic E-state index is -0.0719. The second kappa shape index (κ2) is 4.96. The smallest absolute Gasteiger partial charge is 0.249 e. The van der Waals surface area contributed by atoms with E-state index in [0.29, 0.717) is 11.9 Å². The quantitative estimate of drug-likeness (QED) is 0.897. The van der Waals surface area contributed by atoms with E-state index < -0.39 is 0 Å². The number of carbonyl (C=O) groups is 1. The molecule has 1 amide bonds. The molecule has 108 valence electrons. The summed E-state index contributed by atoms with van der Waals surface area (Å²) in [4.78, 5) is 20.8. The van der Waals surface area contributed by atoms with Crippen LogP contribution >= 0.6 is 0 Å². The topological polar surface area (TPSA) is 62.5 Å². The van der Waals surface area contributed by atoms with E-state index in [1.54, 1.807) is 11.1 Å². The van der Waals surface area contributed by atoms with Gasteiger partial charge in [-0.1, -0.05) is 19.8 Å². The molecule has 0 spiro atoms. The molecule has 0 bridgehead atoms. The first-order valence-electron chi connectivity index (χ1n) is 7.45. The monoisotopic (exact) mass is 274 g/mol. The maximum atomic E-state index is 12.6. The molecule has 5 nitrogen and oxygen atoms in total. The summed E-state index contributed by atoms with van der Waals surface area (Å²) in [5.74, 6) is 0.683. The molecule has 1 atom stereocenters. The van der Waals surface area contributed by atoms with Gasteiger partial charge in [-0.2, -0.15) is 0 Å². The van der Waals surface area contributed by atoms with Crippen LogP contribution < -0.4 is 15.5 Å². The number of pyridine rings is 1. The number of hydrogen-bond acceptors (Lipinski definition) is 4. The van der Waals surface area contributed by atoms with Crippen LogP contribution in [0.2, 0.25) is 0 Å². The Morgan fingerprint density at radius 1 is 1.35 bits per heavy atom. The summed E-state index contributed by atoms with van der Waals surface area (Å²) in [5.41, 5.74) is 7.81. The van der Waals surface area contributed by atoms with Crippen molar-refractivity contribution in [1.82, 2.24) is 4.98 Å². The summed E-state index contributed by atoms with van der Waals surface area (Å²) in [6.07, 6.45) is 7.36. The van der Waals surface area contributed by atoms with Gasteiger partial charge < -0.3 is 15.5 Å². The largest absolute Gasteiger partial charge is 0.384 e. The molecule has 1 aliphatic heterocycles. The predicted molar refractivity (Wildman–Crippen MR) is 80.9 cm³/mol. The van der Waals surface area contributed by atoms with Gasteiger partial charge in [-0.05, 0) is 19.3 Å². The van der Waals surface area contributed by atoms with Gasteiger partial charge in [0.25, 0.3) is 0 Å². The molecule has 2 aliphatic rings. The molecule has 0 aromatic carbocycles. The number of rotatable bonds is 2. The van der Waals surface area contributed by atoms with Gasteiger partial charge in [-0.3, -0.25) is 4.79 Å². The molecule has 20 heavy (non-hydrogen) atoms. The van der Waals surface area contributed by atoms with Gasteiger partial charge in [0.2, 0.25) is 5.91 Å². The van der Waals surface area contributed by atoms with E-state index in [9.17, 15) is 4.79 Å². The minimum absolute atomic E-state index is 0.0719. The second-order valence-corrected chi connectivity index (χ2v) is 5.76. The summed E-state index contributed by atoms with van der Waals surface area (Å²) in [7, 11) is 1.83. The minimum Gasteiger partial charge on any atom is -0.384 e. The first-order valence-corrected chi connectivity index (χ1v) is 7.45. The number of likely N-dealkylation sites (N-methyl/N-ethyl adjacent to an activating group) is 1. The van der Waals surface area contributed by atoms with E-state index in [1.807, 2.05) is 13.1 Å². The van der Waals surface area contributed by atoms with Gasteiger partial charge in [0.15, 0.2) is 0 Å². The molecule has 2 heterocycles. The zero-order valence-corrected chi connectivity index (χ0v) is 12.2. The molecule has 3 rings (SSSR count). The first kappa shape index (κ1) is 13.2. The first-order chi connectivity index (χ1) is 9.63. The van der Waals surface area contributed by atoms with Gasteiger partial charge in [-0.15, -0.1) is 0 Å². The average molecular weight is 274 g/mol. The van der Waals surface area contributed by atoms with Crippen LogP contribution in [0.15, 0.2) is 12.3 Å². The molecule has 1 saturated carbocycles. The Morgan fingerprint density at radius 2 is 2.05 bits per heavy atom. The molecular weight excluding hydrogens is 252 g/mol. The summed E-state index contributed by atoms with van der Waals surface area (Å²) in [6.45, 7) is 2.08. The van der Waals surface area contributed by atoms with E-state index in [2.05, 4.69) is 16.8 Å². The summed E-state index contributed by atoms with van der Waals surface area (Å²) >= 11 is 0. The highest BCUT2D eigenvalue weighted by Crippen LogP contribution is 2.41. The number of amides is 1. The third-order valence-corrected chi connectivity index (χ3v) is 4.58. The molecule has 1 aromatic heterocycles. The van der Waals surface area contributed by atoms with Crippen LogP contribution in [0, 0.1) is 0 Å². The fourth-order valence-corrected chi connectivity index (χ4v) is 3.55. The highest BCUT2D eigenvalue weighted by Gasteiger charge is 2.39. The van der Waals surface area contributed by atoms with Crippen molar-refractivity contribution < 1.29 is 4.79 Å². The third-order valence-electron chi connectivity index (χ3n) is 4.58. The molecule has 1 aromatic rings. The molecule has 1 aliphatic carbocycles. The maximum Gasteiger partial charge on any atom is 0.249 e. The lowest BCUT2D eigenvalue weighted by Gasteiger charge is -2.44. The summed E-state index contributed by atoms with van der Waals surface area (Å²) < 4.78 is 0. The number of fused-ring (bicyclic) bond motifs is 1.